The average molecular weight is 517 g/mol. The van der Waals surface area contributed by atoms with Crippen molar-refractivity contribution in [2.45, 2.75) is 44.5 Å². The number of hydrogen-bond donors (Lipinski definition) is 4. The summed E-state index contributed by atoms with van der Waals surface area (Å²) in [5.74, 6) is -2.13. The van der Waals surface area contributed by atoms with E-state index in [0.29, 0.717) is 17.1 Å². The zero-order valence-electron chi connectivity index (χ0n) is 20.5. The molecule has 1 unspecified atom stereocenters. The van der Waals surface area contributed by atoms with Crippen LogP contribution >= 0.6 is 11.8 Å². The van der Waals surface area contributed by atoms with Gasteiger partial charge in [0.25, 0.3) is 0 Å². The number of Topliss-reactive ketones (excluding diaryl/α,β-unsaturated/α-hetero) is 1. The third kappa shape index (κ3) is 9.26. The van der Waals surface area contributed by atoms with Crippen LogP contribution in [0.5, 0.6) is 11.5 Å². The molecule has 0 aromatic heterocycles. The smallest absolute Gasteiger partial charge is 0.305 e. The van der Waals surface area contributed by atoms with Crippen molar-refractivity contribution in [2.24, 2.45) is 5.92 Å². The Hall–Kier alpha value is -3.53. The topological polar surface area (TPSA) is 142 Å². The highest BCUT2D eigenvalue weighted by Gasteiger charge is 2.30. The van der Waals surface area contributed by atoms with E-state index in [1.807, 2.05) is 30.3 Å². The molecule has 2 aromatic rings. The Kier molecular flexibility index (Phi) is 11.3. The number of aromatic hydroxyl groups is 1. The molecule has 0 spiro atoms. The summed E-state index contributed by atoms with van der Waals surface area (Å²) in [5.41, 5.74) is 1.47. The number of amides is 2. The van der Waals surface area contributed by atoms with Crippen molar-refractivity contribution in [2.75, 3.05) is 12.9 Å². The number of ketones is 1. The van der Waals surface area contributed by atoms with Crippen LogP contribution in [0.1, 0.15) is 31.4 Å². The van der Waals surface area contributed by atoms with Crippen LogP contribution in [0.4, 0.5) is 0 Å². The fourth-order valence-electron chi connectivity index (χ4n) is 3.46. The number of nitrogens with one attached hydrogen (secondary N) is 2. The van der Waals surface area contributed by atoms with Gasteiger partial charge in [0.15, 0.2) is 5.78 Å². The van der Waals surface area contributed by atoms with E-state index in [0.717, 1.165) is 5.56 Å². The van der Waals surface area contributed by atoms with Crippen molar-refractivity contribution in [3.8, 4) is 11.5 Å². The van der Waals surface area contributed by atoms with Crippen molar-refractivity contribution < 1.29 is 34.1 Å². The Morgan fingerprint density at radius 2 is 1.72 bits per heavy atom. The number of carboxylic acid groups (broad SMARTS) is 1. The highest BCUT2D eigenvalue weighted by molar-refractivity contribution is 7.99. The fourth-order valence-corrected chi connectivity index (χ4v) is 4.39. The molecule has 0 aliphatic heterocycles. The Morgan fingerprint density at radius 3 is 2.33 bits per heavy atom. The van der Waals surface area contributed by atoms with Gasteiger partial charge in [0.1, 0.15) is 17.5 Å². The van der Waals surface area contributed by atoms with Crippen molar-refractivity contribution in [1.82, 2.24) is 10.6 Å². The number of thioether (sulfide) groups is 1. The molecule has 10 heteroatoms. The molecule has 0 aliphatic rings. The van der Waals surface area contributed by atoms with Gasteiger partial charge < -0.3 is 25.6 Å². The summed E-state index contributed by atoms with van der Waals surface area (Å²) in [6.07, 6.45) is -0.711. The van der Waals surface area contributed by atoms with Crippen molar-refractivity contribution in [3.63, 3.8) is 0 Å². The first-order valence-electron chi connectivity index (χ1n) is 11.4. The molecule has 0 heterocycles. The molecule has 2 aromatic carbocycles. The van der Waals surface area contributed by atoms with Crippen LogP contribution in [0.2, 0.25) is 0 Å². The monoisotopic (exact) mass is 516 g/mol. The number of phenolic OH excluding ortho intramolecular Hbond substituents is 1. The number of ether oxygens (including phenoxy) is 1. The standard InChI is InChI=1S/C26H32N2O7S/c1-16(2)25(28-23(31)12-18-11-19(29)9-10-22(18)35-3)26(34)27-20(13-24(32)33)21(30)15-36-14-17-7-5-4-6-8-17/h4-11,16,20,25,29H,12-15H2,1-3H3,(H,27,34)(H,28,31)(H,32,33)/t20?,25-/m0/s1. The van der Waals surface area contributed by atoms with E-state index >= 15 is 0 Å². The van der Waals surface area contributed by atoms with Crippen LogP contribution in [0.3, 0.4) is 0 Å². The summed E-state index contributed by atoms with van der Waals surface area (Å²) >= 11 is 1.33. The van der Waals surface area contributed by atoms with Crippen molar-refractivity contribution in [1.29, 1.82) is 0 Å². The van der Waals surface area contributed by atoms with Crippen LogP contribution in [-0.4, -0.2) is 58.7 Å². The molecule has 0 bridgehead atoms. The van der Waals surface area contributed by atoms with Crippen LogP contribution in [0.25, 0.3) is 0 Å². The quantitative estimate of drug-likeness (QED) is 0.300. The van der Waals surface area contributed by atoms with E-state index in [4.69, 9.17) is 4.74 Å². The van der Waals surface area contributed by atoms with Crippen LogP contribution in [0.15, 0.2) is 48.5 Å². The van der Waals surface area contributed by atoms with Gasteiger partial charge in [-0.15, -0.1) is 11.8 Å². The molecule has 2 atom stereocenters. The van der Waals surface area contributed by atoms with Gasteiger partial charge >= 0.3 is 5.97 Å². The molecule has 0 radical (unpaired) electrons. The molecule has 2 amide bonds. The number of hydrogen-bond acceptors (Lipinski definition) is 7. The Morgan fingerprint density at radius 1 is 1.03 bits per heavy atom. The first-order chi connectivity index (χ1) is 17.1. The van der Waals surface area contributed by atoms with E-state index in [1.54, 1.807) is 13.8 Å². The van der Waals surface area contributed by atoms with Gasteiger partial charge in [-0.05, 0) is 29.7 Å². The van der Waals surface area contributed by atoms with Crippen LogP contribution < -0.4 is 15.4 Å². The van der Waals surface area contributed by atoms with Gasteiger partial charge in [-0.3, -0.25) is 19.2 Å². The molecule has 0 fully saturated rings. The second-order valence-corrected chi connectivity index (χ2v) is 9.55. The van der Waals surface area contributed by atoms with Crippen LogP contribution in [0, 0.1) is 5.92 Å². The van der Waals surface area contributed by atoms with Crippen molar-refractivity contribution in [3.05, 3.63) is 59.7 Å². The molecule has 0 aliphatic carbocycles. The predicted octanol–water partition coefficient (Wildman–Crippen LogP) is 2.55. The summed E-state index contributed by atoms with van der Waals surface area (Å²) in [6.45, 7) is 3.45. The number of carboxylic acids is 1. The second kappa shape index (κ2) is 14.1. The number of aliphatic carboxylic acids is 1. The summed E-state index contributed by atoms with van der Waals surface area (Å²) in [4.78, 5) is 49.8. The number of rotatable bonds is 14. The number of phenols is 1. The molecular weight excluding hydrogens is 484 g/mol. The third-order valence-electron chi connectivity index (χ3n) is 5.32. The summed E-state index contributed by atoms with van der Waals surface area (Å²) in [7, 11) is 1.44. The lowest BCUT2D eigenvalue weighted by Gasteiger charge is -2.24. The molecule has 9 nitrogen and oxygen atoms in total. The van der Waals surface area contributed by atoms with E-state index in [2.05, 4.69) is 10.6 Å². The number of benzene rings is 2. The molecular formula is C26H32N2O7S. The first-order valence-corrected chi connectivity index (χ1v) is 12.6. The average Bonchev–Trinajstić information content (AvgIpc) is 2.82. The number of methoxy groups -OCH3 is 1. The summed E-state index contributed by atoms with van der Waals surface area (Å²) in [6, 6.07) is 11.7. The maximum absolute atomic E-state index is 13.0. The van der Waals surface area contributed by atoms with E-state index in [1.165, 1.54) is 37.1 Å². The minimum Gasteiger partial charge on any atom is -0.508 e. The normalized spacial score (nSPS) is 12.4. The van der Waals surface area contributed by atoms with Gasteiger partial charge in [-0.1, -0.05) is 44.2 Å². The largest absolute Gasteiger partial charge is 0.508 e. The van der Waals surface area contributed by atoms with Crippen LogP contribution in [-0.2, 0) is 31.4 Å². The number of carbonyl (C=O) groups is 4. The van der Waals surface area contributed by atoms with Gasteiger partial charge in [0.2, 0.25) is 11.8 Å². The zero-order chi connectivity index (χ0) is 26.7. The fraction of sp³-hybridized carbons (Fsp3) is 0.385. The Balaban J connectivity index is 2.03. The first kappa shape index (κ1) is 28.7. The molecule has 4 N–H and O–H groups in total. The molecule has 2 rings (SSSR count). The third-order valence-corrected chi connectivity index (χ3v) is 6.35. The molecule has 194 valence electrons. The summed E-state index contributed by atoms with van der Waals surface area (Å²) < 4.78 is 5.21. The molecule has 0 saturated heterocycles. The molecule has 0 saturated carbocycles. The van der Waals surface area contributed by atoms with E-state index < -0.39 is 42.1 Å². The predicted molar refractivity (Wildman–Crippen MR) is 137 cm³/mol. The highest BCUT2D eigenvalue weighted by atomic mass is 32.2. The lowest BCUT2D eigenvalue weighted by molar-refractivity contribution is -0.140. The minimum atomic E-state index is -1.22. The minimum absolute atomic E-state index is 0.0306. The van der Waals surface area contributed by atoms with Gasteiger partial charge in [-0.2, -0.15) is 0 Å². The Labute approximate surface area is 214 Å². The maximum Gasteiger partial charge on any atom is 0.305 e. The SMILES string of the molecule is COc1ccc(O)cc1CC(=O)N[C@H](C(=O)NC(CC(=O)O)C(=O)CSCc1ccccc1)C(C)C. The van der Waals surface area contributed by atoms with E-state index in [9.17, 15) is 29.4 Å². The van der Waals surface area contributed by atoms with E-state index in [-0.39, 0.29) is 23.8 Å². The molecule has 36 heavy (non-hydrogen) atoms. The van der Waals surface area contributed by atoms with Crippen molar-refractivity contribution >= 4 is 35.3 Å². The maximum atomic E-state index is 13.0. The lowest BCUT2D eigenvalue weighted by Crippen LogP contribution is -2.54. The Bertz CT molecular complexity index is 1060. The highest BCUT2D eigenvalue weighted by Crippen LogP contribution is 2.23. The second-order valence-electron chi connectivity index (χ2n) is 8.57. The number of carbonyl (C=O) groups excluding carboxylic acids is 3. The zero-order valence-corrected chi connectivity index (χ0v) is 21.3. The van der Waals surface area contributed by atoms with Gasteiger partial charge in [0.05, 0.1) is 31.7 Å². The van der Waals surface area contributed by atoms with Gasteiger partial charge in [-0.25, -0.2) is 0 Å². The van der Waals surface area contributed by atoms with Gasteiger partial charge in [0, 0.05) is 11.3 Å². The summed E-state index contributed by atoms with van der Waals surface area (Å²) in [5, 5.41) is 24.1. The lowest BCUT2D eigenvalue weighted by atomic mass is 10.0.